The van der Waals surface area contributed by atoms with Gasteiger partial charge in [-0.15, -0.1) is 0 Å². The van der Waals surface area contributed by atoms with Crippen molar-refractivity contribution in [3.63, 3.8) is 0 Å². The van der Waals surface area contributed by atoms with Crippen molar-refractivity contribution in [2.45, 2.75) is 90.8 Å². The Kier molecular flexibility index (Phi) is 26.4. The molecule has 2 fully saturated rings. The molecule has 3 aromatic rings. The van der Waals surface area contributed by atoms with E-state index in [9.17, 15) is 14.4 Å². The van der Waals surface area contributed by atoms with Gasteiger partial charge in [-0.2, -0.15) is 0 Å². The van der Waals surface area contributed by atoms with Crippen molar-refractivity contribution >= 4 is 23.2 Å². The van der Waals surface area contributed by atoms with E-state index < -0.39 is 5.97 Å². The largest absolute Gasteiger partial charge is 0.460 e. The fourth-order valence-corrected chi connectivity index (χ4v) is 8.46. The zero-order chi connectivity index (χ0) is 48.0. The lowest BCUT2D eigenvalue weighted by molar-refractivity contribution is -0.139. The maximum atomic E-state index is 14.4. The van der Waals surface area contributed by atoms with Crippen molar-refractivity contribution in [1.29, 1.82) is 0 Å². The second kappa shape index (κ2) is 32.7. The summed E-state index contributed by atoms with van der Waals surface area (Å²) < 4.78 is 59.2. The minimum absolute atomic E-state index is 0.111. The van der Waals surface area contributed by atoms with E-state index in [1.54, 1.807) is 17.8 Å². The Balaban J connectivity index is 0.954. The third-order valence-corrected chi connectivity index (χ3v) is 12.0. The lowest BCUT2D eigenvalue weighted by Crippen LogP contribution is -2.43. The molecule has 5 rings (SSSR count). The van der Waals surface area contributed by atoms with Crippen LogP contribution in [-0.4, -0.2) is 151 Å². The quantitative estimate of drug-likeness (QED) is 0.0284. The zero-order valence-corrected chi connectivity index (χ0v) is 40.8. The van der Waals surface area contributed by atoms with Crippen LogP contribution in [-0.2, 0) is 71.8 Å². The van der Waals surface area contributed by atoms with E-state index in [1.807, 2.05) is 35.8 Å². The average molecular weight is 955 g/mol. The Hall–Kier alpha value is -4.04. The maximum Gasteiger partial charge on any atom is 0.332 e. The van der Waals surface area contributed by atoms with Crippen LogP contribution in [0.1, 0.15) is 76.7 Å². The molecule has 380 valence electrons. The highest BCUT2D eigenvalue weighted by Crippen LogP contribution is 2.29. The van der Waals surface area contributed by atoms with Gasteiger partial charge in [-0.1, -0.05) is 74.9 Å². The van der Waals surface area contributed by atoms with Crippen LogP contribution in [0, 0.1) is 11.8 Å². The first-order valence-corrected chi connectivity index (χ1v) is 24.8. The van der Waals surface area contributed by atoms with Crippen molar-refractivity contribution in [1.82, 2.24) is 18.7 Å². The number of allylic oxidation sites excluding steroid dienone is 1. The van der Waals surface area contributed by atoms with Crippen molar-refractivity contribution in [3.8, 4) is 11.4 Å². The van der Waals surface area contributed by atoms with Crippen LogP contribution in [0.5, 0.6) is 0 Å². The van der Waals surface area contributed by atoms with Gasteiger partial charge in [0.05, 0.1) is 112 Å². The minimum atomic E-state index is -0.481. The second-order valence-corrected chi connectivity index (χ2v) is 17.5. The molecule has 68 heavy (non-hydrogen) atoms. The number of hydrogen-bond donors (Lipinski definition) is 0. The number of carbonyl (C=O) groups is 1. The minimum Gasteiger partial charge on any atom is -0.460 e. The molecule has 0 atom stereocenters. The molecule has 2 aromatic heterocycles. The van der Waals surface area contributed by atoms with Crippen molar-refractivity contribution in [2.24, 2.45) is 11.8 Å². The van der Waals surface area contributed by atoms with Gasteiger partial charge in [0.2, 0.25) is 0 Å². The molecule has 0 N–H and O–H groups in total. The van der Waals surface area contributed by atoms with E-state index >= 15 is 0 Å². The maximum absolute atomic E-state index is 14.4. The second-order valence-electron chi connectivity index (χ2n) is 17.5. The molecule has 0 bridgehead atoms. The molecular weight excluding hydrogens is 877 g/mol. The molecule has 0 radical (unpaired) electrons. The third kappa shape index (κ3) is 19.8. The van der Waals surface area contributed by atoms with Gasteiger partial charge >= 0.3 is 11.7 Å². The molecule has 0 amide bonds. The summed E-state index contributed by atoms with van der Waals surface area (Å²) in [4.78, 5) is 46.1. The number of benzene rings is 1. The molecule has 0 spiro atoms. The number of carbonyl (C=O) groups excluding carboxylic acids is 1. The van der Waals surface area contributed by atoms with Gasteiger partial charge in [-0.25, -0.2) is 14.6 Å². The molecule has 0 unspecified atom stereocenters. The van der Waals surface area contributed by atoms with Gasteiger partial charge < -0.3 is 51.9 Å². The third-order valence-electron chi connectivity index (χ3n) is 12.0. The predicted octanol–water partition coefficient (Wildman–Crippen LogP) is 6.10. The topological polar surface area (TPSA) is 171 Å². The number of hydrogen-bond acceptors (Lipinski definition) is 14. The van der Waals surface area contributed by atoms with Crippen molar-refractivity contribution in [2.75, 3.05) is 126 Å². The fourth-order valence-electron chi connectivity index (χ4n) is 8.46. The molecule has 17 heteroatoms. The Morgan fingerprint density at radius 2 is 1.03 bits per heavy atom. The fraction of sp³-hybridized carbons (Fsp3) is 0.686. The Labute approximate surface area is 401 Å². The Bertz CT molecular complexity index is 2030. The lowest BCUT2D eigenvalue weighted by atomic mass is 9.89. The number of methoxy groups -OCH3 is 1. The van der Waals surface area contributed by atoms with Crippen LogP contribution >= 0.6 is 0 Å². The first kappa shape index (κ1) is 54.9. The SMILES string of the molecule is C=C(C)Cn1c(-c2ccc(/C=C/C(=O)OCCOCCOCCOCCOCCOCCOCCOCCOCCOC)cc2)nc2c1c(=O)n(CC1CCCCC1)c(=O)n2CC1CCCCC1. The molecule has 2 aliphatic rings. The van der Waals surface area contributed by atoms with E-state index in [2.05, 4.69) is 6.58 Å². The van der Waals surface area contributed by atoms with Crippen LogP contribution in [0.2, 0.25) is 0 Å². The summed E-state index contributed by atoms with van der Waals surface area (Å²) in [6, 6.07) is 7.63. The van der Waals surface area contributed by atoms with Crippen LogP contribution in [0.15, 0.2) is 52.1 Å². The van der Waals surface area contributed by atoms with E-state index in [0.29, 0.717) is 154 Å². The molecule has 0 saturated heterocycles. The molecule has 1 aromatic carbocycles. The smallest absolute Gasteiger partial charge is 0.332 e. The monoisotopic (exact) mass is 955 g/mol. The predicted molar refractivity (Wildman–Crippen MR) is 260 cm³/mol. The number of esters is 1. The first-order chi connectivity index (χ1) is 33.4. The number of aromatic nitrogens is 4. The highest BCUT2D eigenvalue weighted by molar-refractivity contribution is 5.87. The molecule has 2 heterocycles. The number of imidazole rings is 1. The Morgan fingerprint density at radius 3 is 1.47 bits per heavy atom. The summed E-state index contributed by atoms with van der Waals surface area (Å²) in [6.07, 6.45) is 14.3. The molecule has 0 aliphatic heterocycles. The van der Waals surface area contributed by atoms with Gasteiger partial charge in [-0.3, -0.25) is 13.9 Å². The summed E-state index contributed by atoms with van der Waals surface area (Å²) >= 11 is 0. The van der Waals surface area contributed by atoms with Crippen LogP contribution in [0.4, 0.5) is 0 Å². The molecule has 2 aliphatic carbocycles. The van der Waals surface area contributed by atoms with E-state index in [4.69, 9.17) is 52.4 Å². The number of rotatable bonds is 36. The van der Waals surface area contributed by atoms with Gasteiger partial charge in [-0.05, 0) is 56.1 Å². The normalized spacial score (nSPS) is 15.0. The van der Waals surface area contributed by atoms with Gasteiger partial charge in [0.1, 0.15) is 12.4 Å². The highest BCUT2D eigenvalue weighted by atomic mass is 16.6. The van der Waals surface area contributed by atoms with E-state index in [-0.39, 0.29) is 24.5 Å². The molecule has 2 saturated carbocycles. The van der Waals surface area contributed by atoms with Crippen LogP contribution < -0.4 is 11.2 Å². The van der Waals surface area contributed by atoms with Crippen molar-refractivity contribution in [3.05, 3.63) is 68.9 Å². The van der Waals surface area contributed by atoms with Crippen molar-refractivity contribution < 1.29 is 52.2 Å². The average Bonchev–Trinajstić information content (AvgIpc) is 3.72. The van der Waals surface area contributed by atoms with Gasteiger partial charge in [0, 0.05) is 38.4 Å². The number of fused-ring (bicyclic) bond motifs is 1. The number of ether oxygens (including phenoxy) is 10. The summed E-state index contributed by atoms with van der Waals surface area (Å²) in [6.45, 7) is 15.6. The van der Waals surface area contributed by atoms with Gasteiger partial charge in [0.25, 0.3) is 5.56 Å². The Morgan fingerprint density at radius 1 is 0.603 bits per heavy atom. The summed E-state index contributed by atoms with van der Waals surface area (Å²) in [5.74, 6) is 0.812. The standard InChI is InChI=1S/C51H78N4O13/c1-41(2)38-53-47-49(54(39-43-10-6-4-7-11-43)51(58)55(50(47)57)40-44-12-8-5-9-13-44)52-48(53)45-17-14-42(15-18-45)16-19-46(56)68-37-36-67-35-34-66-33-32-65-31-30-64-29-28-63-27-26-62-25-24-61-23-22-60-21-20-59-3/h14-19,43-44H,1,4-13,20-40H2,2-3H3/b19-16+. The number of nitrogens with zero attached hydrogens (tertiary/aromatic N) is 4. The highest BCUT2D eigenvalue weighted by Gasteiger charge is 2.26. The van der Waals surface area contributed by atoms with Gasteiger partial charge in [0.15, 0.2) is 11.2 Å². The van der Waals surface area contributed by atoms with E-state index in [1.165, 1.54) is 23.5 Å². The van der Waals surface area contributed by atoms with E-state index in [0.717, 1.165) is 68.1 Å². The molecule has 17 nitrogen and oxygen atoms in total. The summed E-state index contributed by atoms with van der Waals surface area (Å²) in [5.41, 5.74) is 2.83. The lowest BCUT2D eigenvalue weighted by Gasteiger charge is -2.25. The van der Waals surface area contributed by atoms with Crippen LogP contribution in [0.3, 0.4) is 0 Å². The van der Waals surface area contributed by atoms with Crippen LogP contribution in [0.25, 0.3) is 28.6 Å². The summed E-state index contributed by atoms with van der Waals surface area (Å²) in [5, 5.41) is 0. The first-order valence-electron chi connectivity index (χ1n) is 24.8. The zero-order valence-electron chi connectivity index (χ0n) is 40.8. The summed E-state index contributed by atoms with van der Waals surface area (Å²) in [7, 11) is 1.64. The molecular formula is C51H78N4O13.